The normalized spacial score (nSPS) is 15.2. The van der Waals surface area contributed by atoms with Crippen LogP contribution >= 0.6 is 22.6 Å². The first-order valence-corrected chi connectivity index (χ1v) is 9.08. The molecule has 0 saturated carbocycles. The van der Waals surface area contributed by atoms with Gasteiger partial charge >= 0.3 is 0 Å². The van der Waals surface area contributed by atoms with Gasteiger partial charge in [-0.3, -0.25) is 9.59 Å². The maximum absolute atomic E-state index is 13.8. The van der Waals surface area contributed by atoms with Gasteiger partial charge in [0.25, 0.3) is 5.91 Å². The number of benzene rings is 2. The lowest BCUT2D eigenvalue weighted by Gasteiger charge is -2.31. The van der Waals surface area contributed by atoms with Gasteiger partial charge < -0.3 is 4.90 Å². The molecule has 6 heteroatoms. The number of ketones is 1. The van der Waals surface area contributed by atoms with Crippen LogP contribution in [0.5, 0.6) is 0 Å². The molecule has 2 aromatic carbocycles. The molecule has 3 nitrogen and oxygen atoms in total. The molecule has 0 bridgehead atoms. The van der Waals surface area contributed by atoms with Gasteiger partial charge in [0.15, 0.2) is 5.78 Å². The highest BCUT2D eigenvalue weighted by Crippen LogP contribution is 2.25. The molecule has 1 aliphatic rings. The Morgan fingerprint density at radius 1 is 1.00 bits per heavy atom. The summed E-state index contributed by atoms with van der Waals surface area (Å²) in [5.41, 5.74) is 0.437. The van der Waals surface area contributed by atoms with Crippen molar-refractivity contribution in [2.75, 3.05) is 13.1 Å². The fourth-order valence-corrected chi connectivity index (χ4v) is 3.67. The first-order chi connectivity index (χ1) is 12.0. The van der Waals surface area contributed by atoms with Crippen LogP contribution in [-0.4, -0.2) is 29.7 Å². The van der Waals surface area contributed by atoms with Gasteiger partial charge in [0.2, 0.25) is 0 Å². The molecule has 0 aromatic heterocycles. The Morgan fingerprint density at radius 2 is 1.68 bits per heavy atom. The van der Waals surface area contributed by atoms with E-state index in [2.05, 4.69) is 22.6 Å². The van der Waals surface area contributed by atoms with Gasteiger partial charge in [0, 0.05) is 22.6 Å². The maximum atomic E-state index is 13.8. The van der Waals surface area contributed by atoms with E-state index in [0.29, 0.717) is 31.5 Å². The molecule has 1 saturated heterocycles. The molecule has 1 fully saturated rings. The Balaban J connectivity index is 1.68. The number of piperidine rings is 1. The average molecular weight is 455 g/mol. The van der Waals surface area contributed by atoms with Crippen LogP contribution in [0.4, 0.5) is 8.78 Å². The Morgan fingerprint density at radius 3 is 2.36 bits per heavy atom. The summed E-state index contributed by atoms with van der Waals surface area (Å²) in [6, 6.07) is 10.3. The summed E-state index contributed by atoms with van der Waals surface area (Å²) in [6.07, 6.45) is 0.897. The fraction of sp³-hybridized carbons (Fsp3) is 0.263. The van der Waals surface area contributed by atoms with Crippen molar-refractivity contribution in [3.8, 4) is 0 Å². The van der Waals surface area contributed by atoms with Crippen LogP contribution < -0.4 is 0 Å². The van der Waals surface area contributed by atoms with E-state index < -0.39 is 23.3 Å². The summed E-state index contributed by atoms with van der Waals surface area (Å²) < 4.78 is 28.0. The number of carbonyl (C=O) groups is 2. The predicted octanol–water partition coefficient (Wildman–Crippen LogP) is 4.30. The number of hydrogen-bond acceptors (Lipinski definition) is 2. The molecular formula is C19H16F2INO2. The lowest BCUT2D eigenvalue weighted by Crippen LogP contribution is -2.40. The standard InChI is InChI=1S/C19H16F2INO2/c20-13-5-6-16(21)15(11-13)18(24)12-7-9-23(10-8-12)19(25)14-3-1-2-4-17(14)22/h1-6,11-12H,7-10H2. The molecule has 0 atom stereocenters. The highest BCUT2D eigenvalue weighted by atomic mass is 127. The number of amides is 1. The molecule has 25 heavy (non-hydrogen) atoms. The summed E-state index contributed by atoms with van der Waals surface area (Å²) in [5, 5.41) is 0. The molecule has 2 aromatic rings. The molecule has 0 spiro atoms. The number of rotatable bonds is 3. The average Bonchev–Trinajstić information content (AvgIpc) is 2.63. The second-order valence-electron chi connectivity index (χ2n) is 6.03. The van der Waals surface area contributed by atoms with Gasteiger partial charge in [-0.05, 0) is 65.8 Å². The quantitative estimate of drug-likeness (QED) is 0.512. The van der Waals surface area contributed by atoms with E-state index in [1.54, 1.807) is 11.0 Å². The van der Waals surface area contributed by atoms with Gasteiger partial charge in [-0.25, -0.2) is 8.78 Å². The smallest absolute Gasteiger partial charge is 0.254 e. The van der Waals surface area contributed by atoms with E-state index in [1.165, 1.54) is 0 Å². The van der Waals surface area contributed by atoms with Crippen molar-refractivity contribution in [1.82, 2.24) is 4.90 Å². The second-order valence-corrected chi connectivity index (χ2v) is 7.20. The lowest BCUT2D eigenvalue weighted by atomic mass is 9.88. The van der Waals surface area contributed by atoms with Crippen molar-refractivity contribution in [1.29, 1.82) is 0 Å². The molecule has 0 aliphatic carbocycles. The SMILES string of the molecule is O=C(c1cc(F)ccc1F)C1CCN(C(=O)c2ccccc2I)CC1. The van der Waals surface area contributed by atoms with E-state index in [1.807, 2.05) is 18.2 Å². The van der Waals surface area contributed by atoms with Crippen molar-refractivity contribution < 1.29 is 18.4 Å². The van der Waals surface area contributed by atoms with Crippen molar-refractivity contribution in [2.45, 2.75) is 12.8 Å². The topological polar surface area (TPSA) is 37.4 Å². The van der Waals surface area contributed by atoms with Crippen LogP contribution in [0.15, 0.2) is 42.5 Å². The molecule has 1 amide bonds. The Hall–Kier alpha value is -1.83. The molecule has 3 rings (SSSR count). The van der Waals surface area contributed by atoms with Crippen LogP contribution in [0.25, 0.3) is 0 Å². The number of nitrogens with zero attached hydrogens (tertiary/aromatic N) is 1. The summed E-state index contributed by atoms with van der Waals surface area (Å²) in [7, 11) is 0. The molecule has 1 aliphatic heterocycles. The zero-order valence-electron chi connectivity index (χ0n) is 13.3. The first kappa shape index (κ1) is 18.0. The zero-order valence-corrected chi connectivity index (χ0v) is 15.5. The van der Waals surface area contributed by atoms with E-state index in [9.17, 15) is 18.4 Å². The number of Topliss-reactive ketones (excluding diaryl/α,β-unsaturated/α-hetero) is 1. The Kier molecular flexibility index (Phi) is 5.46. The first-order valence-electron chi connectivity index (χ1n) is 8.00. The molecule has 0 radical (unpaired) electrons. The van der Waals surface area contributed by atoms with Crippen LogP contribution in [0.3, 0.4) is 0 Å². The highest BCUT2D eigenvalue weighted by molar-refractivity contribution is 14.1. The number of halogens is 3. The predicted molar refractivity (Wildman–Crippen MR) is 98.5 cm³/mol. The van der Waals surface area contributed by atoms with Gasteiger partial charge in [0.1, 0.15) is 11.6 Å². The minimum atomic E-state index is -0.705. The van der Waals surface area contributed by atoms with Crippen LogP contribution in [0.1, 0.15) is 33.6 Å². The number of likely N-dealkylation sites (tertiary alicyclic amines) is 1. The fourth-order valence-electron chi connectivity index (χ4n) is 3.06. The van der Waals surface area contributed by atoms with Gasteiger partial charge in [-0.15, -0.1) is 0 Å². The van der Waals surface area contributed by atoms with E-state index in [0.717, 1.165) is 21.8 Å². The zero-order chi connectivity index (χ0) is 18.0. The summed E-state index contributed by atoms with van der Waals surface area (Å²) in [6.45, 7) is 0.855. The third kappa shape index (κ3) is 3.89. The molecule has 0 N–H and O–H groups in total. The molecule has 0 unspecified atom stereocenters. The highest BCUT2D eigenvalue weighted by Gasteiger charge is 2.30. The third-order valence-corrected chi connectivity index (χ3v) is 5.39. The summed E-state index contributed by atoms with van der Waals surface area (Å²) in [5.74, 6) is -2.18. The van der Waals surface area contributed by atoms with Gasteiger partial charge in [0.05, 0.1) is 11.1 Å². The number of hydrogen-bond donors (Lipinski definition) is 0. The third-order valence-electron chi connectivity index (χ3n) is 4.45. The number of carbonyl (C=O) groups excluding carboxylic acids is 2. The Labute approximate surface area is 158 Å². The molecule has 1 heterocycles. The van der Waals surface area contributed by atoms with Gasteiger partial charge in [-0.1, -0.05) is 12.1 Å². The van der Waals surface area contributed by atoms with Crippen molar-refractivity contribution in [3.63, 3.8) is 0 Å². The maximum Gasteiger partial charge on any atom is 0.254 e. The monoisotopic (exact) mass is 455 g/mol. The second kappa shape index (κ2) is 7.59. The minimum Gasteiger partial charge on any atom is -0.339 e. The largest absolute Gasteiger partial charge is 0.339 e. The van der Waals surface area contributed by atoms with Crippen molar-refractivity contribution in [3.05, 3.63) is 68.8 Å². The van der Waals surface area contributed by atoms with Crippen molar-refractivity contribution in [2.24, 2.45) is 5.92 Å². The van der Waals surface area contributed by atoms with Crippen LogP contribution in [-0.2, 0) is 0 Å². The van der Waals surface area contributed by atoms with Crippen LogP contribution in [0, 0.1) is 21.1 Å². The van der Waals surface area contributed by atoms with Gasteiger partial charge in [-0.2, -0.15) is 0 Å². The summed E-state index contributed by atoms with van der Waals surface area (Å²) >= 11 is 2.12. The lowest BCUT2D eigenvalue weighted by molar-refractivity contribution is 0.0648. The molecule has 130 valence electrons. The minimum absolute atomic E-state index is 0.0622. The van der Waals surface area contributed by atoms with E-state index >= 15 is 0 Å². The van der Waals surface area contributed by atoms with E-state index in [4.69, 9.17) is 0 Å². The Bertz CT molecular complexity index is 817. The summed E-state index contributed by atoms with van der Waals surface area (Å²) in [4.78, 5) is 26.8. The van der Waals surface area contributed by atoms with Crippen molar-refractivity contribution >= 4 is 34.3 Å². The van der Waals surface area contributed by atoms with E-state index in [-0.39, 0.29) is 11.5 Å². The molecular weight excluding hydrogens is 439 g/mol. The van der Waals surface area contributed by atoms with Crippen LogP contribution in [0.2, 0.25) is 0 Å².